The summed E-state index contributed by atoms with van der Waals surface area (Å²) in [5.74, 6) is -0.498. The highest BCUT2D eigenvalue weighted by molar-refractivity contribution is 6.74. The molecule has 9 heteroatoms. The summed E-state index contributed by atoms with van der Waals surface area (Å²) >= 11 is 7.01. The second-order valence-corrected chi connectivity index (χ2v) is 22.1. The summed E-state index contributed by atoms with van der Waals surface area (Å²) in [4.78, 5) is 0. The molecule has 0 saturated carbocycles. The van der Waals surface area contributed by atoms with Gasteiger partial charge in [0.1, 0.15) is 30.2 Å². The van der Waals surface area contributed by atoms with Crippen LogP contribution in [-0.2, 0) is 66.6 Å². The van der Waals surface area contributed by atoms with Gasteiger partial charge in [0, 0.05) is 24.1 Å². The number of halogens is 1. The van der Waals surface area contributed by atoms with Gasteiger partial charge in [0.2, 0.25) is 5.79 Å². The summed E-state index contributed by atoms with van der Waals surface area (Å²) in [6, 6.07) is 42.9. The van der Waals surface area contributed by atoms with Gasteiger partial charge in [-0.1, -0.05) is 142 Å². The lowest BCUT2D eigenvalue weighted by Crippen LogP contribution is -2.66. The molecule has 0 bridgehead atoms. The highest BCUT2D eigenvalue weighted by atomic mass is 35.5. The number of fused-ring (bicyclic) bond motifs is 1. The van der Waals surface area contributed by atoms with Crippen LogP contribution in [0.4, 0.5) is 0 Å². The van der Waals surface area contributed by atoms with Gasteiger partial charge in [0.25, 0.3) is 0 Å². The van der Waals surface area contributed by atoms with E-state index in [1.54, 1.807) is 7.11 Å². The second kappa shape index (κ2) is 18.6. The fraction of sp³-hybridized carbons (Fsp3) is 0.388. The molecule has 0 aromatic heterocycles. The highest BCUT2D eigenvalue weighted by Crippen LogP contribution is 2.46. The third kappa shape index (κ3) is 9.78. The van der Waals surface area contributed by atoms with Crippen LogP contribution in [0.15, 0.2) is 127 Å². The van der Waals surface area contributed by atoms with Crippen molar-refractivity contribution in [3.05, 3.63) is 171 Å². The van der Waals surface area contributed by atoms with Crippen molar-refractivity contribution in [1.82, 2.24) is 0 Å². The fourth-order valence-corrected chi connectivity index (χ4v) is 8.69. The summed E-state index contributed by atoms with van der Waals surface area (Å²) in [5.41, 5.74) is 7.16. The number of hydrogen-bond acceptors (Lipinski definition) is 7. The van der Waals surface area contributed by atoms with Crippen LogP contribution in [0.25, 0.3) is 0 Å². The van der Waals surface area contributed by atoms with E-state index in [4.69, 9.17) is 44.4 Å². The smallest absolute Gasteiger partial charge is 0.225 e. The van der Waals surface area contributed by atoms with Crippen LogP contribution in [-0.4, -0.2) is 53.1 Å². The van der Waals surface area contributed by atoms with Crippen LogP contribution in [0.5, 0.6) is 5.75 Å². The summed E-state index contributed by atoms with van der Waals surface area (Å²) < 4.78 is 48.0. The first-order valence-electron chi connectivity index (χ1n) is 20.3. The first kappa shape index (κ1) is 42.3. The number of ether oxygens (including phenoxy) is 6. The van der Waals surface area contributed by atoms with Crippen molar-refractivity contribution in [2.45, 2.75) is 102 Å². The SMILES string of the molecule is CO[C@@]1(c2ccc(Cl)c(Cc3ccc4c(c3)CCO4)c2)O[C@H](CO[Si](C)(C)C(C)(C)C)[C@@H](OCc2ccccc2)[C@H](OCc2ccccc2)[C@H]1OCc1ccccc1. The lowest BCUT2D eigenvalue weighted by Gasteiger charge is -2.52. The first-order valence-corrected chi connectivity index (χ1v) is 23.6. The summed E-state index contributed by atoms with van der Waals surface area (Å²) in [7, 11) is -0.573. The molecule has 1 saturated heterocycles. The Morgan fingerprint density at radius 3 is 1.88 bits per heavy atom. The van der Waals surface area contributed by atoms with E-state index in [1.165, 1.54) is 5.56 Å². The van der Waals surface area contributed by atoms with E-state index >= 15 is 0 Å². The van der Waals surface area contributed by atoms with Crippen molar-refractivity contribution >= 4 is 19.9 Å². The number of benzene rings is 5. The van der Waals surface area contributed by atoms with Gasteiger partial charge in [-0.3, -0.25) is 0 Å². The Labute approximate surface area is 350 Å². The molecule has 5 aromatic carbocycles. The van der Waals surface area contributed by atoms with E-state index in [0.717, 1.165) is 45.6 Å². The van der Waals surface area contributed by atoms with E-state index in [1.807, 2.05) is 66.7 Å². The first-order chi connectivity index (χ1) is 28.0. The maximum Gasteiger partial charge on any atom is 0.225 e. The topological polar surface area (TPSA) is 64.6 Å². The molecule has 2 heterocycles. The van der Waals surface area contributed by atoms with Crippen molar-refractivity contribution in [3.8, 4) is 5.75 Å². The maximum absolute atomic E-state index is 7.39. The summed E-state index contributed by atoms with van der Waals surface area (Å²) in [5, 5.41) is 0.628. The molecule has 2 aliphatic heterocycles. The molecule has 7 nitrogen and oxygen atoms in total. The second-order valence-electron chi connectivity index (χ2n) is 16.9. The van der Waals surface area contributed by atoms with E-state index in [-0.39, 0.29) is 11.6 Å². The van der Waals surface area contributed by atoms with E-state index in [0.29, 0.717) is 37.9 Å². The average molecular weight is 822 g/mol. The molecule has 0 unspecified atom stereocenters. The van der Waals surface area contributed by atoms with Gasteiger partial charge in [0.15, 0.2) is 8.32 Å². The molecule has 0 amide bonds. The minimum atomic E-state index is -2.25. The maximum atomic E-state index is 7.39. The van der Waals surface area contributed by atoms with Crippen LogP contribution in [0.1, 0.15) is 59.7 Å². The van der Waals surface area contributed by atoms with Crippen molar-refractivity contribution in [2.24, 2.45) is 0 Å². The van der Waals surface area contributed by atoms with Crippen LogP contribution >= 0.6 is 11.6 Å². The zero-order valence-corrected chi connectivity index (χ0v) is 36.4. The van der Waals surface area contributed by atoms with Crippen LogP contribution < -0.4 is 4.74 Å². The van der Waals surface area contributed by atoms with Crippen molar-refractivity contribution < 1.29 is 32.8 Å². The molecule has 2 aliphatic rings. The third-order valence-corrected chi connectivity index (χ3v) is 16.7. The van der Waals surface area contributed by atoms with Crippen LogP contribution in [0, 0.1) is 0 Å². The van der Waals surface area contributed by atoms with Crippen LogP contribution in [0.3, 0.4) is 0 Å². The molecule has 7 rings (SSSR count). The molecule has 0 radical (unpaired) electrons. The van der Waals surface area contributed by atoms with Gasteiger partial charge in [0.05, 0.1) is 33.0 Å². The normalized spacial score (nSPS) is 22.1. The molecule has 306 valence electrons. The standard InChI is InChI=1S/C49H57ClO7Si/c1-48(2,3)58(5,6)56-34-44-45(53-31-35-16-10-7-11-17-35)46(54-32-36-18-12-8-13-19-36)47(55-33-37-20-14-9-15-21-37)49(51-4,57-44)41-23-24-42(50)40(30-41)29-38-22-25-43-39(28-38)26-27-52-43/h7-25,28,30,44-47H,26-27,29,31-34H2,1-6H3/t44-,45-,46+,47-,49+/m1/s1. The minimum Gasteiger partial charge on any atom is -0.493 e. The number of methoxy groups -OCH3 is 1. The average Bonchev–Trinajstić information content (AvgIpc) is 3.70. The quantitative estimate of drug-likeness (QED) is 0.0919. The Balaban J connectivity index is 1.33. The summed E-state index contributed by atoms with van der Waals surface area (Å²) in [6.07, 6.45) is -1.15. The van der Waals surface area contributed by atoms with Gasteiger partial charge < -0.3 is 32.8 Å². The van der Waals surface area contributed by atoms with Crippen LogP contribution in [0.2, 0.25) is 23.2 Å². The number of rotatable bonds is 16. The molecule has 1 fully saturated rings. The van der Waals surface area contributed by atoms with Gasteiger partial charge in [-0.05, 0) is 76.1 Å². The van der Waals surface area contributed by atoms with Gasteiger partial charge in [-0.15, -0.1) is 0 Å². The molecular weight excluding hydrogens is 764 g/mol. The zero-order valence-electron chi connectivity index (χ0n) is 34.6. The van der Waals surface area contributed by atoms with E-state index in [9.17, 15) is 0 Å². The molecule has 0 aliphatic carbocycles. The Kier molecular flexibility index (Phi) is 13.6. The molecule has 0 N–H and O–H groups in total. The van der Waals surface area contributed by atoms with Gasteiger partial charge in [-0.25, -0.2) is 0 Å². The summed E-state index contributed by atoms with van der Waals surface area (Å²) in [6.45, 7) is 13.2. The predicted octanol–water partition coefficient (Wildman–Crippen LogP) is 10.8. The molecule has 0 spiro atoms. The predicted molar refractivity (Wildman–Crippen MR) is 232 cm³/mol. The van der Waals surface area contributed by atoms with Crippen molar-refractivity contribution in [2.75, 3.05) is 20.3 Å². The monoisotopic (exact) mass is 820 g/mol. The third-order valence-electron chi connectivity index (χ3n) is 11.8. The van der Waals surface area contributed by atoms with Gasteiger partial charge >= 0.3 is 0 Å². The lowest BCUT2D eigenvalue weighted by atomic mass is 9.86. The lowest BCUT2D eigenvalue weighted by molar-refractivity contribution is -0.384. The van der Waals surface area contributed by atoms with Crippen molar-refractivity contribution in [3.63, 3.8) is 0 Å². The Hall–Kier alpha value is -3.83. The fourth-order valence-electron chi connectivity index (χ4n) is 7.49. The molecule has 5 aromatic rings. The highest BCUT2D eigenvalue weighted by Gasteiger charge is 2.59. The minimum absolute atomic E-state index is 0.0281. The number of hydrogen-bond donors (Lipinski definition) is 0. The van der Waals surface area contributed by atoms with Crippen molar-refractivity contribution in [1.29, 1.82) is 0 Å². The molecule has 5 atom stereocenters. The molecule has 58 heavy (non-hydrogen) atoms. The van der Waals surface area contributed by atoms with Gasteiger partial charge in [-0.2, -0.15) is 0 Å². The zero-order chi connectivity index (χ0) is 40.8. The van der Waals surface area contributed by atoms with E-state index in [2.05, 4.69) is 94.5 Å². The Bertz CT molecular complexity index is 2070. The van der Waals surface area contributed by atoms with E-state index < -0.39 is 38.5 Å². The Morgan fingerprint density at radius 1 is 0.707 bits per heavy atom. The Morgan fingerprint density at radius 2 is 1.29 bits per heavy atom. The largest absolute Gasteiger partial charge is 0.493 e. The molecular formula is C49H57ClO7Si.